The third kappa shape index (κ3) is 3.71. The Balaban J connectivity index is 1.87. The SMILES string of the molecule is CC1CCCC(N)C1C(=O)NC1CCC(C)(C)CC1. The van der Waals surface area contributed by atoms with Crippen molar-refractivity contribution >= 4 is 5.91 Å². The van der Waals surface area contributed by atoms with Gasteiger partial charge >= 0.3 is 0 Å². The van der Waals surface area contributed by atoms with Crippen LogP contribution in [0.1, 0.15) is 65.7 Å². The lowest BCUT2D eigenvalue weighted by molar-refractivity contribution is -0.129. The van der Waals surface area contributed by atoms with Gasteiger partial charge in [-0.25, -0.2) is 0 Å². The number of carbonyl (C=O) groups excluding carboxylic acids is 1. The molecule has 0 aromatic heterocycles. The lowest BCUT2D eigenvalue weighted by Crippen LogP contribution is -2.50. The van der Waals surface area contributed by atoms with Gasteiger partial charge in [0.05, 0.1) is 5.92 Å². The molecule has 3 N–H and O–H groups in total. The Kier molecular flexibility index (Phi) is 4.54. The molecule has 0 saturated heterocycles. The van der Waals surface area contributed by atoms with Crippen LogP contribution in [0.25, 0.3) is 0 Å². The van der Waals surface area contributed by atoms with Crippen LogP contribution < -0.4 is 11.1 Å². The van der Waals surface area contributed by atoms with Crippen molar-refractivity contribution in [3.05, 3.63) is 0 Å². The molecule has 0 aliphatic heterocycles. The van der Waals surface area contributed by atoms with E-state index < -0.39 is 0 Å². The normalized spacial score (nSPS) is 35.9. The highest BCUT2D eigenvalue weighted by Gasteiger charge is 2.35. The minimum absolute atomic E-state index is 0.0312. The summed E-state index contributed by atoms with van der Waals surface area (Å²) in [6.07, 6.45) is 7.98. The molecule has 110 valence electrons. The summed E-state index contributed by atoms with van der Waals surface area (Å²) < 4.78 is 0. The van der Waals surface area contributed by atoms with Crippen LogP contribution in [0, 0.1) is 17.3 Å². The number of nitrogens with two attached hydrogens (primary N) is 1. The molecule has 0 spiro atoms. The third-order valence-corrected chi connectivity index (χ3v) is 5.26. The van der Waals surface area contributed by atoms with Gasteiger partial charge in [-0.15, -0.1) is 0 Å². The van der Waals surface area contributed by atoms with Crippen molar-refractivity contribution in [2.24, 2.45) is 23.0 Å². The number of hydrogen-bond acceptors (Lipinski definition) is 2. The number of hydrogen-bond donors (Lipinski definition) is 2. The van der Waals surface area contributed by atoms with E-state index in [2.05, 4.69) is 26.1 Å². The van der Waals surface area contributed by atoms with E-state index in [4.69, 9.17) is 5.73 Å². The van der Waals surface area contributed by atoms with Gasteiger partial charge in [-0.2, -0.15) is 0 Å². The molecule has 0 aromatic rings. The lowest BCUT2D eigenvalue weighted by atomic mass is 9.74. The predicted octanol–water partition coefficient (Wildman–Crippen LogP) is 2.83. The summed E-state index contributed by atoms with van der Waals surface area (Å²) in [7, 11) is 0. The second-order valence-corrected chi connectivity index (χ2v) is 7.54. The summed E-state index contributed by atoms with van der Waals surface area (Å²) in [4.78, 5) is 12.5. The largest absolute Gasteiger partial charge is 0.353 e. The molecular formula is C16H30N2O. The molecule has 19 heavy (non-hydrogen) atoms. The lowest BCUT2D eigenvalue weighted by Gasteiger charge is -2.37. The van der Waals surface area contributed by atoms with Gasteiger partial charge in [0.1, 0.15) is 0 Å². The first kappa shape index (κ1) is 14.8. The number of nitrogens with one attached hydrogen (secondary N) is 1. The number of rotatable bonds is 2. The third-order valence-electron chi connectivity index (χ3n) is 5.26. The van der Waals surface area contributed by atoms with Crippen LogP contribution in [0.15, 0.2) is 0 Å². The molecule has 3 nitrogen and oxygen atoms in total. The van der Waals surface area contributed by atoms with Gasteiger partial charge in [0.25, 0.3) is 0 Å². The van der Waals surface area contributed by atoms with Crippen LogP contribution in [0.5, 0.6) is 0 Å². The van der Waals surface area contributed by atoms with Crippen LogP contribution in [-0.4, -0.2) is 18.0 Å². The second kappa shape index (κ2) is 5.82. The minimum atomic E-state index is 0.0312. The standard InChI is InChI=1S/C16H30N2O/c1-11-5-4-6-13(17)14(11)15(19)18-12-7-9-16(2,3)10-8-12/h11-14H,4-10,17H2,1-3H3,(H,18,19). The highest BCUT2D eigenvalue weighted by atomic mass is 16.2. The van der Waals surface area contributed by atoms with Gasteiger partial charge in [0.2, 0.25) is 5.91 Å². The Morgan fingerprint density at radius 2 is 1.79 bits per heavy atom. The maximum atomic E-state index is 12.5. The highest BCUT2D eigenvalue weighted by Crippen LogP contribution is 2.35. The number of carbonyl (C=O) groups is 1. The maximum absolute atomic E-state index is 12.5. The van der Waals surface area contributed by atoms with E-state index in [-0.39, 0.29) is 17.9 Å². The summed E-state index contributed by atoms with van der Waals surface area (Å²) >= 11 is 0. The van der Waals surface area contributed by atoms with Crippen molar-refractivity contribution in [1.82, 2.24) is 5.32 Å². The van der Waals surface area contributed by atoms with Gasteiger partial charge in [-0.1, -0.05) is 27.2 Å². The summed E-state index contributed by atoms with van der Waals surface area (Å²) in [5.74, 6) is 0.678. The van der Waals surface area contributed by atoms with E-state index in [0.717, 1.165) is 25.7 Å². The topological polar surface area (TPSA) is 55.1 Å². The molecule has 2 rings (SSSR count). The van der Waals surface area contributed by atoms with Gasteiger partial charge < -0.3 is 11.1 Å². The Morgan fingerprint density at radius 1 is 1.16 bits per heavy atom. The molecule has 0 heterocycles. The summed E-state index contributed by atoms with van der Waals surface area (Å²) in [5.41, 5.74) is 6.61. The highest BCUT2D eigenvalue weighted by molar-refractivity contribution is 5.80. The molecule has 0 radical (unpaired) electrons. The molecule has 2 saturated carbocycles. The average molecular weight is 266 g/mol. The Labute approximate surface area is 117 Å². The van der Waals surface area contributed by atoms with Crippen molar-refractivity contribution in [2.45, 2.75) is 77.8 Å². The van der Waals surface area contributed by atoms with Crippen molar-refractivity contribution in [2.75, 3.05) is 0 Å². The molecule has 2 aliphatic rings. The Bertz CT molecular complexity index is 307. The maximum Gasteiger partial charge on any atom is 0.225 e. The fraction of sp³-hybridized carbons (Fsp3) is 0.938. The van der Waals surface area contributed by atoms with Crippen LogP contribution in [0.3, 0.4) is 0 Å². The Morgan fingerprint density at radius 3 is 2.37 bits per heavy atom. The second-order valence-electron chi connectivity index (χ2n) is 7.54. The van der Waals surface area contributed by atoms with E-state index in [0.29, 0.717) is 17.4 Å². The average Bonchev–Trinajstić information content (AvgIpc) is 2.32. The molecule has 1 amide bonds. The van der Waals surface area contributed by atoms with Gasteiger partial charge in [0, 0.05) is 12.1 Å². The summed E-state index contributed by atoms with van der Waals surface area (Å²) in [5, 5.41) is 3.27. The molecule has 3 heteroatoms. The summed E-state index contributed by atoms with van der Waals surface area (Å²) in [6, 6.07) is 0.436. The smallest absolute Gasteiger partial charge is 0.225 e. The van der Waals surface area contributed by atoms with E-state index in [1.807, 2.05) is 0 Å². The molecule has 3 atom stereocenters. The zero-order valence-corrected chi connectivity index (χ0v) is 12.7. The monoisotopic (exact) mass is 266 g/mol. The van der Waals surface area contributed by atoms with E-state index in [1.165, 1.54) is 19.3 Å². The Hall–Kier alpha value is -0.570. The van der Waals surface area contributed by atoms with Crippen LogP contribution in [0.2, 0.25) is 0 Å². The van der Waals surface area contributed by atoms with Crippen molar-refractivity contribution in [3.8, 4) is 0 Å². The van der Waals surface area contributed by atoms with E-state index >= 15 is 0 Å². The molecule has 3 unspecified atom stereocenters. The fourth-order valence-electron chi connectivity index (χ4n) is 3.75. The fourth-order valence-corrected chi connectivity index (χ4v) is 3.75. The molecular weight excluding hydrogens is 236 g/mol. The van der Waals surface area contributed by atoms with Crippen LogP contribution in [-0.2, 0) is 4.79 Å². The van der Waals surface area contributed by atoms with Gasteiger partial charge in [-0.3, -0.25) is 4.79 Å². The first-order chi connectivity index (χ1) is 8.89. The van der Waals surface area contributed by atoms with Gasteiger partial charge in [0.15, 0.2) is 0 Å². The first-order valence-corrected chi connectivity index (χ1v) is 7.95. The molecule has 2 aliphatic carbocycles. The molecule has 2 fully saturated rings. The number of amides is 1. The first-order valence-electron chi connectivity index (χ1n) is 7.95. The van der Waals surface area contributed by atoms with E-state index in [1.54, 1.807) is 0 Å². The van der Waals surface area contributed by atoms with Crippen LogP contribution >= 0.6 is 0 Å². The zero-order valence-electron chi connectivity index (χ0n) is 12.7. The van der Waals surface area contributed by atoms with Crippen LogP contribution in [0.4, 0.5) is 0 Å². The quantitative estimate of drug-likeness (QED) is 0.807. The molecule has 0 bridgehead atoms. The molecule has 0 aromatic carbocycles. The van der Waals surface area contributed by atoms with Crippen molar-refractivity contribution in [1.29, 1.82) is 0 Å². The van der Waals surface area contributed by atoms with Crippen molar-refractivity contribution in [3.63, 3.8) is 0 Å². The zero-order chi connectivity index (χ0) is 14.0. The van der Waals surface area contributed by atoms with E-state index in [9.17, 15) is 4.79 Å². The van der Waals surface area contributed by atoms with Crippen molar-refractivity contribution < 1.29 is 4.79 Å². The minimum Gasteiger partial charge on any atom is -0.353 e. The van der Waals surface area contributed by atoms with Gasteiger partial charge in [-0.05, 0) is 49.9 Å². The predicted molar refractivity (Wildman–Crippen MR) is 78.7 cm³/mol. The summed E-state index contributed by atoms with van der Waals surface area (Å²) in [6.45, 7) is 6.82.